The predicted octanol–water partition coefficient (Wildman–Crippen LogP) is 4.07. The van der Waals surface area contributed by atoms with Crippen LogP contribution in [0.1, 0.15) is 40.7 Å². The van der Waals surface area contributed by atoms with E-state index in [0.717, 1.165) is 47.6 Å². The SMILES string of the molecule is COc1ccc(C(=O)[C@H]2CCCN(C(=O)CCc3ccccc3OC)C2)c(C)c1. The van der Waals surface area contributed by atoms with Gasteiger partial charge < -0.3 is 14.4 Å². The largest absolute Gasteiger partial charge is 0.497 e. The first kappa shape index (κ1) is 20.9. The fraction of sp³-hybridized carbons (Fsp3) is 0.417. The molecule has 3 rings (SSSR count). The van der Waals surface area contributed by atoms with Crippen molar-refractivity contribution >= 4 is 11.7 Å². The second-order valence-electron chi connectivity index (χ2n) is 7.54. The number of Topliss-reactive ketones (excluding diaryl/α,β-unsaturated/α-hetero) is 1. The molecule has 0 aromatic heterocycles. The highest BCUT2D eigenvalue weighted by atomic mass is 16.5. The second-order valence-corrected chi connectivity index (χ2v) is 7.54. The maximum Gasteiger partial charge on any atom is 0.222 e. The number of nitrogens with zero attached hydrogens (tertiary/aromatic N) is 1. The Morgan fingerprint density at radius 2 is 1.90 bits per heavy atom. The summed E-state index contributed by atoms with van der Waals surface area (Å²) in [6, 6.07) is 13.3. The van der Waals surface area contributed by atoms with E-state index in [2.05, 4.69) is 0 Å². The van der Waals surface area contributed by atoms with Gasteiger partial charge in [0.1, 0.15) is 11.5 Å². The summed E-state index contributed by atoms with van der Waals surface area (Å²) >= 11 is 0. The molecule has 0 saturated carbocycles. The van der Waals surface area contributed by atoms with Gasteiger partial charge in [-0.3, -0.25) is 9.59 Å². The van der Waals surface area contributed by atoms with Crippen LogP contribution in [0.2, 0.25) is 0 Å². The quantitative estimate of drug-likeness (QED) is 0.663. The average molecular weight is 395 g/mol. The standard InChI is InChI=1S/C24H29NO4/c1-17-15-20(28-2)11-12-21(17)24(27)19-8-6-14-25(16-19)23(26)13-10-18-7-4-5-9-22(18)29-3/h4-5,7,9,11-12,15,19H,6,8,10,13-14,16H2,1-3H3/t19-/m0/s1. The van der Waals surface area contributed by atoms with Crippen LogP contribution in [0.25, 0.3) is 0 Å². The zero-order valence-electron chi connectivity index (χ0n) is 17.4. The molecule has 1 heterocycles. The van der Waals surface area contributed by atoms with E-state index < -0.39 is 0 Å². The van der Waals surface area contributed by atoms with Crippen molar-refractivity contribution in [2.75, 3.05) is 27.3 Å². The summed E-state index contributed by atoms with van der Waals surface area (Å²) in [6.07, 6.45) is 2.73. The Hall–Kier alpha value is -2.82. The number of methoxy groups -OCH3 is 2. The lowest BCUT2D eigenvalue weighted by atomic mass is 9.88. The third-order valence-electron chi connectivity index (χ3n) is 5.64. The number of likely N-dealkylation sites (tertiary alicyclic amines) is 1. The number of hydrogen-bond donors (Lipinski definition) is 0. The van der Waals surface area contributed by atoms with Crippen molar-refractivity contribution in [3.63, 3.8) is 0 Å². The van der Waals surface area contributed by atoms with Crippen molar-refractivity contribution in [1.29, 1.82) is 0 Å². The molecule has 1 aliphatic heterocycles. The number of ether oxygens (including phenoxy) is 2. The van der Waals surface area contributed by atoms with E-state index in [0.29, 0.717) is 19.4 Å². The highest BCUT2D eigenvalue weighted by molar-refractivity contribution is 5.99. The van der Waals surface area contributed by atoms with E-state index in [1.165, 1.54) is 0 Å². The molecule has 1 amide bonds. The molecule has 154 valence electrons. The summed E-state index contributed by atoms with van der Waals surface area (Å²) in [7, 11) is 3.26. The molecule has 5 nitrogen and oxygen atoms in total. The highest BCUT2D eigenvalue weighted by Crippen LogP contribution is 2.26. The van der Waals surface area contributed by atoms with Crippen molar-refractivity contribution in [3.05, 3.63) is 59.2 Å². The number of aryl methyl sites for hydroxylation is 2. The number of ketones is 1. The monoisotopic (exact) mass is 395 g/mol. The molecule has 0 radical (unpaired) electrons. The Bertz CT molecular complexity index is 877. The van der Waals surface area contributed by atoms with E-state index in [1.807, 2.05) is 54.3 Å². The normalized spacial score (nSPS) is 16.4. The van der Waals surface area contributed by atoms with Crippen molar-refractivity contribution in [2.24, 2.45) is 5.92 Å². The number of hydrogen-bond acceptors (Lipinski definition) is 4. The molecule has 5 heteroatoms. The molecule has 0 aliphatic carbocycles. The Labute approximate surface area is 172 Å². The summed E-state index contributed by atoms with van der Waals surface area (Å²) in [5.74, 6) is 1.62. The minimum atomic E-state index is -0.147. The zero-order chi connectivity index (χ0) is 20.8. The molecule has 0 spiro atoms. The van der Waals surface area contributed by atoms with Crippen LogP contribution in [0.4, 0.5) is 0 Å². The highest BCUT2D eigenvalue weighted by Gasteiger charge is 2.29. The lowest BCUT2D eigenvalue weighted by molar-refractivity contribution is -0.132. The molecular weight excluding hydrogens is 366 g/mol. The van der Waals surface area contributed by atoms with Crippen molar-refractivity contribution < 1.29 is 19.1 Å². The third kappa shape index (κ3) is 4.97. The van der Waals surface area contributed by atoms with Gasteiger partial charge in [-0.1, -0.05) is 18.2 Å². The smallest absolute Gasteiger partial charge is 0.222 e. The summed E-state index contributed by atoms with van der Waals surface area (Å²) in [4.78, 5) is 27.7. The maximum absolute atomic E-state index is 13.1. The molecule has 0 unspecified atom stereocenters. The van der Waals surface area contributed by atoms with Crippen molar-refractivity contribution in [3.8, 4) is 11.5 Å². The van der Waals surface area contributed by atoms with Gasteiger partial charge in [-0.15, -0.1) is 0 Å². The number of amides is 1. The lowest BCUT2D eigenvalue weighted by Gasteiger charge is -2.32. The van der Waals surface area contributed by atoms with E-state index in [4.69, 9.17) is 9.47 Å². The third-order valence-corrected chi connectivity index (χ3v) is 5.64. The topological polar surface area (TPSA) is 55.8 Å². The molecule has 1 fully saturated rings. The fourth-order valence-corrected chi connectivity index (χ4v) is 3.99. The van der Waals surface area contributed by atoms with E-state index in [9.17, 15) is 9.59 Å². The minimum Gasteiger partial charge on any atom is -0.497 e. The van der Waals surface area contributed by atoms with Crippen LogP contribution in [0.5, 0.6) is 11.5 Å². The first-order valence-electron chi connectivity index (χ1n) is 10.1. The zero-order valence-corrected chi connectivity index (χ0v) is 17.4. The van der Waals surface area contributed by atoms with Crippen LogP contribution in [0.15, 0.2) is 42.5 Å². The number of carbonyl (C=O) groups is 2. The van der Waals surface area contributed by atoms with Gasteiger partial charge in [0, 0.05) is 31.0 Å². The summed E-state index contributed by atoms with van der Waals surface area (Å²) in [6.45, 7) is 3.14. The Morgan fingerprint density at radius 1 is 1.10 bits per heavy atom. The molecule has 0 N–H and O–H groups in total. The van der Waals surface area contributed by atoms with Crippen LogP contribution in [-0.4, -0.2) is 43.9 Å². The van der Waals surface area contributed by atoms with Gasteiger partial charge in [-0.2, -0.15) is 0 Å². The Morgan fingerprint density at radius 3 is 2.62 bits per heavy atom. The van der Waals surface area contributed by atoms with Crippen molar-refractivity contribution in [2.45, 2.75) is 32.6 Å². The Balaban J connectivity index is 1.62. The van der Waals surface area contributed by atoms with Crippen LogP contribution >= 0.6 is 0 Å². The van der Waals surface area contributed by atoms with E-state index in [1.54, 1.807) is 14.2 Å². The van der Waals surface area contributed by atoms with Gasteiger partial charge in [-0.25, -0.2) is 0 Å². The molecular formula is C24H29NO4. The first-order valence-corrected chi connectivity index (χ1v) is 10.1. The molecule has 1 aliphatic rings. The van der Waals surface area contributed by atoms with Gasteiger partial charge in [0.25, 0.3) is 0 Å². The van der Waals surface area contributed by atoms with Crippen LogP contribution < -0.4 is 9.47 Å². The van der Waals surface area contributed by atoms with Gasteiger partial charge >= 0.3 is 0 Å². The van der Waals surface area contributed by atoms with E-state index >= 15 is 0 Å². The van der Waals surface area contributed by atoms with Gasteiger partial charge in [0.05, 0.1) is 14.2 Å². The van der Waals surface area contributed by atoms with Gasteiger partial charge in [-0.05, 0) is 61.6 Å². The fourth-order valence-electron chi connectivity index (χ4n) is 3.99. The number of piperidine rings is 1. The summed E-state index contributed by atoms with van der Waals surface area (Å²) < 4.78 is 10.6. The number of carbonyl (C=O) groups excluding carboxylic acids is 2. The van der Waals surface area contributed by atoms with Gasteiger partial charge in [0.15, 0.2) is 5.78 Å². The average Bonchev–Trinajstić information content (AvgIpc) is 2.77. The van der Waals surface area contributed by atoms with Crippen molar-refractivity contribution in [1.82, 2.24) is 4.90 Å². The summed E-state index contributed by atoms with van der Waals surface area (Å²) in [5, 5.41) is 0. The minimum absolute atomic E-state index is 0.0971. The predicted molar refractivity (Wildman–Crippen MR) is 113 cm³/mol. The molecule has 1 saturated heterocycles. The number of para-hydroxylation sites is 1. The van der Waals surface area contributed by atoms with Crippen LogP contribution in [-0.2, 0) is 11.2 Å². The molecule has 29 heavy (non-hydrogen) atoms. The van der Waals surface area contributed by atoms with E-state index in [-0.39, 0.29) is 17.6 Å². The Kier molecular flexibility index (Phi) is 6.91. The first-order chi connectivity index (χ1) is 14.0. The van der Waals surface area contributed by atoms with Crippen LogP contribution in [0.3, 0.4) is 0 Å². The molecule has 2 aromatic rings. The second kappa shape index (κ2) is 9.59. The number of benzene rings is 2. The molecule has 1 atom stereocenters. The van der Waals surface area contributed by atoms with Crippen LogP contribution in [0, 0.1) is 12.8 Å². The maximum atomic E-state index is 13.1. The van der Waals surface area contributed by atoms with Gasteiger partial charge in [0.2, 0.25) is 5.91 Å². The number of rotatable bonds is 7. The molecule has 0 bridgehead atoms. The summed E-state index contributed by atoms with van der Waals surface area (Å²) in [5.41, 5.74) is 2.66. The molecule has 2 aromatic carbocycles. The lowest BCUT2D eigenvalue weighted by Crippen LogP contribution is -2.42.